The summed E-state index contributed by atoms with van der Waals surface area (Å²) in [6.07, 6.45) is 1.44. The van der Waals surface area contributed by atoms with Crippen molar-refractivity contribution in [3.8, 4) is 5.75 Å². The molecule has 2 rings (SSSR count). The molecule has 6 nitrogen and oxygen atoms in total. The van der Waals surface area contributed by atoms with Gasteiger partial charge in [0.05, 0.1) is 18.8 Å². The van der Waals surface area contributed by atoms with Crippen molar-refractivity contribution in [2.24, 2.45) is 5.92 Å². The molecule has 0 spiro atoms. The molecule has 1 aliphatic heterocycles. The van der Waals surface area contributed by atoms with Crippen molar-refractivity contribution < 1.29 is 17.9 Å². The Balaban J connectivity index is 1.92. The van der Waals surface area contributed by atoms with Gasteiger partial charge in [0.15, 0.2) is 0 Å². The average Bonchev–Trinajstić information content (AvgIpc) is 2.60. The predicted molar refractivity (Wildman–Crippen MR) is 88.6 cm³/mol. The van der Waals surface area contributed by atoms with E-state index >= 15 is 0 Å². The van der Waals surface area contributed by atoms with Gasteiger partial charge in [-0.05, 0) is 37.5 Å². The number of hydrogen-bond acceptors (Lipinski definition) is 4. The van der Waals surface area contributed by atoms with Gasteiger partial charge < -0.3 is 10.1 Å². The SMILES string of the molecule is CCS(=O)(=O)N1CCC[C@@H](C(=O)NCc2cccc(OC)c2)C1. The molecule has 0 aliphatic carbocycles. The second kappa shape index (κ2) is 7.79. The van der Waals surface area contributed by atoms with Crippen LogP contribution in [-0.4, -0.2) is 44.6 Å². The third-order valence-corrected chi connectivity index (χ3v) is 5.96. The number of ether oxygens (including phenoxy) is 1. The minimum absolute atomic E-state index is 0.0746. The van der Waals surface area contributed by atoms with Gasteiger partial charge in [-0.15, -0.1) is 0 Å². The zero-order valence-corrected chi connectivity index (χ0v) is 14.4. The van der Waals surface area contributed by atoms with Crippen molar-refractivity contribution in [1.82, 2.24) is 9.62 Å². The maximum atomic E-state index is 12.3. The van der Waals surface area contributed by atoms with Crippen LogP contribution in [0.5, 0.6) is 5.75 Å². The van der Waals surface area contributed by atoms with Gasteiger partial charge in [-0.3, -0.25) is 4.79 Å². The summed E-state index contributed by atoms with van der Waals surface area (Å²) in [4.78, 5) is 12.3. The molecule has 1 aromatic rings. The van der Waals surface area contributed by atoms with E-state index in [1.165, 1.54) is 4.31 Å². The molecule has 1 N–H and O–H groups in total. The van der Waals surface area contributed by atoms with Gasteiger partial charge in [0.2, 0.25) is 15.9 Å². The van der Waals surface area contributed by atoms with Crippen molar-refractivity contribution >= 4 is 15.9 Å². The zero-order valence-electron chi connectivity index (χ0n) is 13.6. The fourth-order valence-electron chi connectivity index (χ4n) is 2.71. The van der Waals surface area contributed by atoms with E-state index in [0.29, 0.717) is 13.1 Å². The highest BCUT2D eigenvalue weighted by Crippen LogP contribution is 2.20. The first-order valence-corrected chi connectivity index (χ1v) is 9.45. The minimum atomic E-state index is -3.23. The van der Waals surface area contributed by atoms with Crippen LogP contribution in [0.25, 0.3) is 0 Å². The maximum Gasteiger partial charge on any atom is 0.224 e. The van der Waals surface area contributed by atoms with Crippen LogP contribution in [0.3, 0.4) is 0 Å². The monoisotopic (exact) mass is 340 g/mol. The summed E-state index contributed by atoms with van der Waals surface area (Å²) in [7, 11) is -1.63. The number of rotatable bonds is 6. The Morgan fingerprint density at radius 1 is 1.43 bits per heavy atom. The highest BCUT2D eigenvalue weighted by molar-refractivity contribution is 7.89. The molecule has 0 aromatic heterocycles. The second-order valence-electron chi connectivity index (χ2n) is 5.67. The van der Waals surface area contributed by atoms with Crippen LogP contribution >= 0.6 is 0 Å². The van der Waals surface area contributed by atoms with Gasteiger partial charge in [0.1, 0.15) is 5.75 Å². The lowest BCUT2D eigenvalue weighted by Gasteiger charge is -2.30. The standard InChI is InChI=1S/C16H24N2O4S/c1-3-23(20,21)18-9-5-7-14(12-18)16(19)17-11-13-6-4-8-15(10-13)22-2/h4,6,8,10,14H,3,5,7,9,11-12H2,1-2H3,(H,17,19)/t14-/m1/s1. The molecule has 1 heterocycles. The maximum absolute atomic E-state index is 12.3. The number of carbonyl (C=O) groups excluding carboxylic acids is 1. The van der Waals surface area contributed by atoms with Gasteiger partial charge in [-0.25, -0.2) is 12.7 Å². The molecule has 0 saturated carbocycles. The van der Waals surface area contributed by atoms with Crippen molar-refractivity contribution in [2.45, 2.75) is 26.3 Å². The Morgan fingerprint density at radius 3 is 2.91 bits per heavy atom. The lowest BCUT2D eigenvalue weighted by Crippen LogP contribution is -2.45. The van der Waals surface area contributed by atoms with Crippen LogP contribution in [-0.2, 0) is 21.4 Å². The summed E-state index contributed by atoms with van der Waals surface area (Å²) in [5.41, 5.74) is 0.951. The number of methoxy groups -OCH3 is 1. The van der Waals surface area contributed by atoms with Crippen LogP contribution in [0, 0.1) is 5.92 Å². The third kappa shape index (κ3) is 4.68. The topological polar surface area (TPSA) is 75.7 Å². The van der Waals surface area contributed by atoms with Gasteiger partial charge >= 0.3 is 0 Å². The number of amides is 1. The summed E-state index contributed by atoms with van der Waals surface area (Å²) in [6, 6.07) is 7.50. The van der Waals surface area contributed by atoms with Crippen LogP contribution in [0.1, 0.15) is 25.3 Å². The van der Waals surface area contributed by atoms with E-state index in [4.69, 9.17) is 4.74 Å². The number of carbonyl (C=O) groups is 1. The zero-order chi connectivity index (χ0) is 16.9. The molecule has 1 aromatic carbocycles. The van der Waals surface area contributed by atoms with E-state index in [-0.39, 0.29) is 24.1 Å². The van der Waals surface area contributed by atoms with Crippen molar-refractivity contribution in [3.63, 3.8) is 0 Å². The molecule has 1 atom stereocenters. The fraction of sp³-hybridized carbons (Fsp3) is 0.562. The van der Waals surface area contributed by atoms with Gasteiger partial charge in [0, 0.05) is 19.6 Å². The van der Waals surface area contributed by atoms with Gasteiger partial charge in [-0.1, -0.05) is 12.1 Å². The Hall–Kier alpha value is -1.60. The molecular formula is C16H24N2O4S. The predicted octanol–water partition coefficient (Wildman–Crippen LogP) is 1.37. The van der Waals surface area contributed by atoms with E-state index in [1.54, 1.807) is 14.0 Å². The number of sulfonamides is 1. The van der Waals surface area contributed by atoms with E-state index in [9.17, 15) is 13.2 Å². The normalized spacial score (nSPS) is 19.3. The van der Waals surface area contributed by atoms with E-state index in [1.807, 2.05) is 24.3 Å². The molecular weight excluding hydrogens is 316 g/mol. The first-order chi connectivity index (χ1) is 11.0. The highest BCUT2D eigenvalue weighted by Gasteiger charge is 2.31. The number of nitrogens with one attached hydrogen (secondary N) is 1. The van der Waals surface area contributed by atoms with Crippen LogP contribution in [0.15, 0.2) is 24.3 Å². The Labute approximate surface area is 137 Å². The number of piperidine rings is 1. The Bertz CT molecular complexity index is 645. The quantitative estimate of drug-likeness (QED) is 0.849. The molecule has 0 radical (unpaired) electrons. The second-order valence-corrected chi connectivity index (χ2v) is 7.92. The Kier molecular flexibility index (Phi) is 6.01. The molecule has 1 amide bonds. The minimum Gasteiger partial charge on any atom is -0.497 e. The molecule has 1 saturated heterocycles. The van der Waals surface area contributed by atoms with Gasteiger partial charge in [0.25, 0.3) is 0 Å². The summed E-state index contributed by atoms with van der Waals surface area (Å²) in [6.45, 7) is 2.82. The van der Waals surface area contributed by atoms with E-state index in [2.05, 4.69) is 5.32 Å². The van der Waals surface area contributed by atoms with Crippen LogP contribution < -0.4 is 10.1 Å². The number of benzene rings is 1. The molecule has 0 bridgehead atoms. The lowest BCUT2D eigenvalue weighted by molar-refractivity contribution is -0.126. The fourth-order valence-corrected chi connectivity index (χ4v) is 3.89. The number of nitrogens with zero attached hydrogens (tertiary/aromatic N) is 1. The van der Waals surface area contributed by atoms with Crippen molar-refractivity contribution in [3.05, 3.63) is 29.8 Å². The van der Waals surface area contributed by atoms with Crippen LogP contribution in [0.2, 0.25) is 0 Å². The Morgan fingerprint density at radius 2 is 2.22 bits per heavy atom. The molecule has 0 unspecified atom stereocenters. The highest BCUT2D eigenvalue weighted by atomic mass is 32.2. The molecule has 1 aliphatic rings. The molecule has 23 heavy (non-hydrogen) atoms. The van der Waals surface area contributed by atoms with Crippen molar-refractivity contribution in [1.29, 1.82) is 0 Å². The summed E-state index contributed by atoms with van der Waals surface area (Å²) < 4.78 is 30.5. The molecule has 7 heteroatoms. The third-order valence-electron chi connectivity index (χ3n) is 4.11. The smallest absolute Gasteiger partial charge is 0.224 e. The summed E-state index contributed by atoms with van der Waals surface area (Å²) in [5, 5.41) is 2.89. The van der Waals surface area contributed by atoms with Crippen LogP contribution in [0.4, 0.5) is 0 Å². The first kappa shape index (κ1) is 17.7. The summed E-state index contributed by atoms with van der Waals surface area (Å²) in [5.74, 6) is 0.444. The van der Waals surface area contributed by atoms with Crippen molar-refractivity contribution in [2.75, 3.05) is 26.0 Å². The molecule has 1 fully saturated rings. The number of hydrogen-bond donors (Lipinski definition) is 1. The van der Waals surface area contributed by atoms with E-state index in [0.717, 1.165) is 24.2 Å². The molecule has 128 valence electrons. The van der Waals surface area contributed by atoms with E-state index < -0.39 is 10.0 Å². The largest absolute Gasteiger partial charge is 0.497 e. The first-order valence-electron chi connectivity index (χ1n) is 7.84. The average molecular weight is 340 g/mol. The van der Waals surface area contributed by atoms with Gasteiger partial charge in [-0.2, -0.15) is 0 Å². The lowest BCUT2D eigenvalue weighted by atomic mass is 9.99. The summed E-state index contributed by atoms with van der Waals surface area (Å²) >= 11 is 0.